The van der Waals surface area contributed by atoms with Gasteiger partial charge in [0.2, 0.25) is 0 Å². The van der Waals surface area contributed by atoms with Gasteiger partial charge < -0.3 is 14.4 Å². The summed E-state index contributed by atoms with van der Waals surface area (Å²) in [5.41, 5.74) is 0.454. The Morgan fingerprint density at radius 3 is 2.57 bits per heavy atom. The Hall–Kier alpha value is -2.22. The number of ether oxygens (including phenoxy) is 2. The lowest BCUT2D eigenvalue weighted by atomic mass is 10.1. The molecule has 0 saturated carbocycles. The van der Waals surface area contributed by atoms with Gasteiger partial charge in [-0.05, 0) is 24.1 Å². The summed E-state index contributed by atoms with van der Waals surface area (Å²) in [5.74, 6) is 1.29. The van der Waals surface area contributed by atoms with Gasteiger partial charge >= 0.3 is 0 Å². The van der Waals surface area contributed by atoms with Gasteiger partial charge in [0.25, 0.3) is 5.91 Å². The summed E-state index contributed by atoms with van der Waals surface area (Å²) in [6.45, 7) is 5.08. The summed E-state index contributed by atoms with van der Waals surface area (Å²) >= 11 is 0. The fourth-order valence-electron chi connectivity index (χ4n) is 2.05. The summed E-state index contributed by atoms with van der Waals surface area (Å²) in [6.07, 6.45) is 0.310. The first-order valence-electron chi connectivity index (χ1n) is 6.91. The first-order chi connectivity index (χ1) is 10.0. The van der Waals surface area contributed by atoms with Crippen molar-refractivity contribution in [2.24, 2.45) is 5.92 Å². The molecular weight excluding hydrogens is 268 g/mol. The van der Waals surface area contributed by atoms with Crippen molar-refractivity contribution in [3.63, 3.8) is 0 Å². The molecule has 5 heteroatoms. The topological polar surface area (TPSA) is 62.6 Å². The van der Waals surface area contributed by atoms with Crippen LogP contribution in [-0.4, -0.2) is 38.1 Å². The van der Waals surface area contributed by atoms with Gasteiger partial charge in [0, 0.05) is 13.1 Å². The number of methoxy groups -OCH3 is 2. The summed E-state index contributed by atoms with van der Waals surface area (Å²) < 4.78 is 10.4. The Labute approximate surface area is 126 Å². The highest BCUT2D eigenvalue weighted by Gasteiger charge is 2.21. The van der Waals surface area contributed by atoms with E-state index in [2.05, 4.69) is 6.07 Å². The lowest BCUT2D eigenvalue weighted by molar-refractivity contribution is 0.0736. The van der Waals surface area contributed by atoms with Crippen molar-refractivity contribution < 1.29 is 14.3 Å². The fourth-order valence-corrected chi connectivity index (χ4v) is 2.05. The molecule has 21 heavy (non-hydrogen) atoms. The van der Waals surface area contributed by atoms with Crippen LogP contribution in [0.25, 0.3) is 0 Å². The number of benzene rings is 1. The Morgan fingerprint density at radius 1 is 1.33 bits per heavy atom. The number of hydrogen-bond acceptors (Lipinski definition) is 4. The van der Waals surface area contributed by atoms with Gasteiger partial charge in [0.15, 0.2) is 0 Å². The minimum Gasteiger partial charge on any atom is -0.497 e. The third-order valence-corrected chi connectivity index (χ3v) is 3.00. The normalized spacial score (nSPS) is 10.1. The van der Waals surface area contributed by atoms with Crippen LogP contribution in [0.3, 0.4) is 0 Å². The molecule has 0 bridgehead atoms. The smallest absolute Gasteiger partial charge is 0.257 e. The molecule has 1 amide bonds. The minimum atomic E-state index is -0.144. The van der Waals surface area contributed by atoms with Crippen molar-refractivity contribution >= 4 is 5.91 Å². The third kappa shape index (κ3) is 4.67. The highest BCUT2D eigenvalue weighted by Crippen LogP contribution is 2.25. The zero-order chi connectivity index (χ0) is 15.8. The number of hydrogen-bond donors (Lipinski definition) is 0. The van der Waals surface area contributed by atoms with Gasteiger partial charge in [-0.2, -0.15) is 5.26 Å². The molecule has 0 spiro atoms. The molecule has 0 aromatic heterocycles. The number of amides is 1. The van der Waals surface area contributed by atoms with Crippen LogP contribution in [0, 0.1) is 17.2 Å². The molecule has 0 fully saturated rings. The van der Waals surface area contributed by atoms with Gasteiger partial charge in [-0.3, -0.25) is 4.79 Å². The van der Waals surface area contributed by atoms with Crippen LogP contribution in [0.1, 0.15) is 30.6 Å². The molecule has 0 heterocycles. The highest BCUT2D eigenvalue weighted by atomic mass is 16.5. The summed E-state index contributed by atoms with van der Waals surface area (Å²) in [6, 6.07) is 7.21. The molecule has 0 aliphatic carbocycles. The molecule has 1 aromatic rings. The standard InChI is InChI=1S/C16H22N2O3/c1-12(2)11-18(9-5-8-17)16(19)14-10-13(20-3)6-7-15(14)21-4/h6-7,10,12H,5,9,11H2,1-4H3. The molecule has 0 unspecified atom stereocenters. The van der Waals surface area contributed by atoms with Crippen molar-refractivity contribution in [2.75, 3.05) is 27.3 Å². The van der Waals surface area contributed by atoms with E-state index in [0.717, 1.165) is 0 Å². The van der Waals surface area contributed by atoms with Gasteiger partial charge in [0.05, 0.1) is 32.3 Å². The zero-order valence-electron chi connectivity index (χ0n) is 13.0. The molecule has 0 aliphatic rings. The summed E-state index contributed by atoms with van der Waals surface area (Å²) in [4.78, 5) is 14.4. The Morgan fingerprint density at radius 2 is 2.05 bits per heavy atom. The Balaban J connectivity index is 3.09. The highest BCUT2D eigenvalue weighted by molar-refractivity contribution is 5.97. The van der Waals surface area contributed by atoms with Crippen molar-refractivity contribution in [1.29, 1.82) is 5.26 Å². The zero-order valence-corrected chi connectivity index (χ0v) is 13.0. The van der Waals surface area contributed by atoms with E-state index in [0.29, 0.717) is 42.5 Å². The molecular formula is C16H22N2O3. The second-order valence-electron chi connectivity index (χ2n) is 5.12. The average molecular weight is 290 g/mol. The van der Waals surface area contributed by atoms with Crippen LogP contribution in [0.4, 0.5) is 0 Å². The van der Waals surface area contributed by atoms with E-state index in [9.17, 15) is 4.79 Å². The second kappa shape index (κ2) is 8.15. The number of nitriles is 1. The predicted octanol–water partition coefficient (Wildman–Crippen LogP) is 2.72. The van der Waals surface area contributed by atoms with E-state index in [-0.39, 0.29) is 5.91 Å². The molecule has 0 atom stereocenters. The van der Waals surface area contributed by atoms with Crippen molar-refractivity contribution in [1.82, 2.24) is 4.90 Å². The Kier molecular flexibility index (Phi) is 6.54. The third-order valence-electron chi connectivity index (χ3n) is 3.00. The van der Waals surface area contributed by atoms with Gasteiger partial charge in [0.1, 0.15) is 11.5 Å². The largest absolute Gasteiger partial charge is 0.497 e. The maximum Gasteiger partial charge on any atom is 0.257 e. The van der Waals surface area contributed by atoms with Gasteiger partial charge in [-0.25, -0.2) is 0 Å². The fraction of sp³-hybridized carbons (Fsp3) is 0.500. The first-order valence-corrected chi connectivity index (χ1v) is 6.91. The molecule has 0 N–H and O–H groups in total. The molecule has 0 saturated heterocycles. The van der Waals surface area contributed by atoms with Crippen LogP contribution in [-0.2, 0) is 0 Å². The molecule has 1 aromatic carbocycles. The number of carbonyl (C=O) groups excluding carboxylic acids is 1. The first kappa shape index (κ1) is 16.8. The van der Waals surface area contributed by atoms with E-state index in [1.165, 1.54) is 7.11 Å². The SMILES string of the molecule is COc1ccc(OC)c(C(=O)N(CCC#N)CC(C)C)c1. The molecule has 1 rings (SSSR count). The van der Waals surface area contributed by atoms with Gasteiger partial charge in [-0.1, -0.05) is 13.8 Å². The van der Waals surface area contributed by atoms with Crippen LogP contribution in [0.15, 0.2) is 18.2 Å². The molecule has 114 valence electrons. The van der Waals surface area contributed by atoms with E-state index >= 15 is 0 Å². The van der Waals surface area contributed by atoms with Crippen LogP contribution in [0.5, 0.6) is 11.5 Å². The van der Waals surface area contributed by atoms with E-state index in [4.69, 9.17) is 14.7 Å². The van der Waals surface area contributed by atoms with Crippen molar-refractivity contribution in [2.45, 2.75) is 20.3 Å². The van der Waals surface area contributed by atoms with Crippen LogP contribution in [0.2, 0.25) is 0 Å². The van der Waals surface area contributed by atoms with Crippen LogP contribution < -0.4 is 9.47 Å². The van der Waals surface area contributed by atoms with Gasteiger partial charge in [-0.15, -0.1) is 0 Å². The van der Waals surface area contributed by atoms with Crippen LogP contribution >= 0.6 is 0 Å². The monoisotopic (exact) mass is 290 g/mol. The lowest BCUT2D eigenvalue weighted by Crippen LogP contribution is -2.35. The average Bonchev–Trinajstić information content (AvgIpc) is 2.49. The predicted molar refractivity (Wildman–Crippen MR) is 80.5 cm³/mol. The minimum absolute atomic E-state index is 0.144. The maximum absolute atomic E-state index is 12.7. The summed E-state index contributed by atoms with van der Waals surface area (Å²) in [5, 5.41) is 8.75. The maximum atomic E-state index is 12.7. The molecule has 0 radical (unpaired) electrons. The van der Waals surface area contributed by atoms with Crippen molar-refractivity contribution in [3.8, 4) is 17.6 Å². The quantitative estimate of drug-likeness (QED) is 0.774. The number of nitrogens with zero attached hydrogens (tertiary/aromatic N) is 2. The second-order valence-corrected chi connectivity index (χ2v) is 5.12. The molecule has 0 aliphatic heterocycles. The van der Waals surface area contributed by atoms with E-state index in [1.807, 2.05) is 13.8 Å². The lowest BCUT2D eigenvalue weighted by Gasteiger charge is -2.24. The molecule has 5 nitrogen and oxygen atoms in total. The Bertz CT molecular complexity index is 521. The summed E-state index contributed by atoms with van der Waals surface area (Å²) in [7, 11) is 3.08. The van der Waals surface area contributed by atoms with E-state index in [1.54, 1.807) is 30.2 Å². The number of rotatable bonds is 7. The van der Waals surface area contributed by atoms with Crippen molar-refractivity contribution in [3.05, 3.63) is 23.8 Å². The van der Waals surface area contributed by atoms with E-state index < -0.39 is 0 Å². The number of carbonyl (C=O) groups is 1.